The Balaban J connectivity index is 1.71. The number of fused-ring (bicyclic) bond motifs is 1. The van der Waals surface area contributed by atoms with Gasteiger partial charge in [-0.05, 0) is 60.5 Å². The highest BCUT2D eigenvalue weighted by molar-refractivity contribution is 6.51. The molecule has 0 radical (unpaired) electrons. The van der Waals surface area contributed by atoms with Gasteiger partial charge in [0.15, 0.2) is 11.6 Å². The quantitative estimate of drug-likeness (QED) is 0.321. The second-order valence-corrected chi connectivity index (χ2v) is 8.19. The van der Waals surface area contributed by atoms with E-state index in [1.54, 1.807) is 42.5 Å². The number of ether oxygens (including phenoxy) is 2. The Bertz CT molecular complexity index is 1380. The molecule has 0 aromatic heterocycles. The number of aliphatic hydroxyl groups excluding tert-OH is 1. The molecule has 2 heterocycles. The number of amides is 1. The molecule has 2 aliphatic heterocycles. The van der Waals surface area contributed by atoms with E-state index in [1.807, 2.05) is 6.92 Å². The van der Waals surface area contributed by atoms with Gasteiger partial charge in [-0.1, -0.05) is 12.1 Å². The van der Waals surface area contributed by atoms with Gasteiger partial charge < -0.3 is 14.6 Å². The number of rotatable bonds is 5. The highest BCUT2D eigenvalue weighted by Gasteiger charge is 2.47. The lowest BCUT2D eigenvalue weighted by Crippen LogP contribution is -2.29. The molecule has 0 saturated carbocycles. The Kier molecular flexibility index (Phi) is 5.72. The fraction of sp³-hybridized carbons (Fsp3) is 0.185. The maximum atomic E-state index is 14.1. The molecule has 35 heavy (non-hydrogen) atoms. The molecule has 0 spiro atoms. The van der Waals surface area contributed by atoms with E-state index in [9.17, 15) is 23.5 Å². The summed E-state index contributed by atoms with van der Waals surface area (Å²) >= 11 is 0. The first-order valence-electron chi connectivity index (χ1n) is 11.1. The molecule has 1 atom stereocenters. The van der Waals surface area contributed by atoms with Crippen LogP contribution in [0.15, 0.2) is 66.2 Å². The SMILES string of the molecule is CCOc1cccc(C2/C(=C(/O)c3ccc4c(c3)CCO4)C(=O)C(=O)N2c2ccc(F)c(F)c2)c1. The zero-order valence-electron chi connectivity index (χ0n) is 18.8. The van der Waals surface area contributed by atoms with E-state index in [4.69, 9.17) is 9.47 Å². The standard InChI is InChI=1S/C27H21F2NO5/c1-2-34-19-5-3-4-16(13-19)24-23(25(31)17-6-9-22-15(12-17)10-11-35-22)26(32)27(33)30(24)18-7-8-20(28)21(29)14-18/h3-9,12-14,24,31H,2,10-11H2,1H3/b25-23-. The van der Waals surface area contributed by atoms with Gasteiger partial charge in [-0.15, -0.1) is 0 Å². The van der Waals surface area contributed by atoms with Crippen LogP contribution in [-0.4, -0.2) is 30.0 Å². The van der Waals surface area contributed by atoms with Gasteiger partial charge in [0, 0.05) is 23.7 Å². The fourth-order valence-corrected chi connectivity index (χ4v) is 4.48. The Morgan fingerprint density at radius 3 is 2.69 bits per heavy atom. The van der Waals surface area contributed by atoms with Crippen molar-refractivity contribution in [2.75, 3.05) is 18.1 Å². The number of benzene rings is 3. The zero-order valence-corrected chi connectivity index (χ0v) is 18.8. The van der Waals surface area contributed by atoms with E-state index in [2.05, 4.69) is 0 Å². The third kappa shape index (κ3) is 3.90. The van der Waals surface area contributed by atoms with Crippen molar-refractivity contribution < 1.29 is 33.0 Å². The van der Waals surface area contributed by atoms with Crippen LogP contribution in [0.1, 0.15) is 29.7 Å². The molecule has 2 aliphatic rings. The summed E-state index contributed by atoms with van der Waals surface area (Å²) in [6, 6.07) is 13.6. The number of carbonyl (C=O) groups is 2. The van der Waals surface area contributed by atoms with Crippen LogP contribution >= 0.6 is 0 Å². The number of anilines is 1. The second kappa shape index (κ2) is 8.87. The Labute approximate surface area is 200 Å². The highest BCUT2D eigenvalue weighted by Crippen LogP contribution is 2.43. The fourth-order valence-electron chi connectivity index (χ4n) is 4.48. The maximum absolute atomic E-state index is 14.1. The molecule has 1 unspecified atom stereocenters. The summed E-state index contributed by atoms with van der Waals surface area (Å²) in [5.74, 6) is -3.31. The molecule has 178 valence electrons. The first-order valence-corrected chi connectivity index (χ1v) is 11.1. The number of hydrogen-bond donors (Lipinski definition) is 1. The maximum Gasteiger partial charge on any atom is 0.300 e. The van der Waals surface area contributed by atoms with Gasteiger partial charge in [0.1, 0.15) is 17.3 Å². The van der Waals surface area contributed by atoms with Crippen LogP contribution in [0.3, 0.4) is 0 Å². The minimum absolute atomic E-state index is 0.0146. The second-order valence-electron chi connectivity index (χ2n) is 8.19. The summed E-state index contributed by atoms with van der Waals surface area (Å²) in [7, 11) is 0. The van der Waals surface area contributed by atoms with Crippen molar-refractivity contribution >= 4 is 23.1 Å². The van der Waals surface area contributed by atoms with E-state index in [-0.39, 0.29) is 17.0 Å². The van der Waals surface area contributed by atoms with Crippen LogP contribution in [0.2, 0.25) is 0 Å². The number of hydrogen-bond acceptors (Lipinski definition) is 5. The summed E-state index contributed by atoms with van der Waals surface area (Å²) in [5, 5.41) is 11.3. The average Bonchev–Trinajstić information content (AvgIpc) is 3.43. The van der Waals surface area contributed by atoms with E-state index in [1.165, 1.54) is 6.07 Å². The predicted molar refractivity (Wildman–Crippen MR) is 124 cm³/mol. The van der Waals surface area contributed by atoms with Gasteiger partial charge in [0.25, 0.3) is 11.7 Å². The normalized spacial score (nSPS) is 18.5. The molecule has 6 nitrogen and oxygen atoms in total. The van der Waals surface area contributed by atoms with E-state index in [0.717, 1.165) is 22.6 Å². The van der Waals surface area contributed by atoms with Crippen LogP contribution in [-0.2, 0) is 16.0 Å². The number of nitrogens with zero attached hydrogens (tertiary/aromatic N) is 1. The molecule has 1 saturated heterocycles. The Hall–Kier alpha value is -4.20. The molecule has 3 aromatic carbocycles. The van der Waals surface area contributed by atoms with Gasteiger partial charge in [-0.2, -0.15) is 0 Å². The number of carbonyl (C=O) groups excluding carboxylic acids is 2. The molecule has 8 heteroatoms. The van der Waals surface area contributed by atoms with Gasteiger partial charge >= 0.3 is 0 Å². The minimum atomic E-state index is -1.16. The number of ketones is 1. The Morgan fingerprint density at radius 1 is 1.09 bits per heavy atom. The van der Waals surface area contributed by atoms with Crippen LogP contribution < -0.4 is 14.4 Å². The van der Waals surface area contributed by atoms with Crippen LogP contribution in [0.5, 0.6) is 11.5 Å². The molecular weight excluding hydrogens is 456 g/mol. The monoisotopic (exact) mass is 477 g/mol. The smallest absolute Gasteiger partial charge is 0.300 e. The molecule has 0 aliphatic carbocycles. The largest absolute Gasteiger partial charge is 0.507 e. The van der Waals surface area contributed by atoms with Crippen molar-refractivity contribution in [3.63, 3.8) is 0 Å². The van der Waals surface area contributed by atoms with Gasteiger partial charge in [-0.3, -0.25) is 14.5 Å². The van der Waals surface area contributed by atoms with Crippen molar-refractivity contribution in [1.82, 2.24) is 0 Å². The lowest BCUT2D eigenvalue weighted by atomic mass is 9.94. The van der Waals surface area contributed by atoms with Crippen LogP contribution in [0.25, 0.3) is 5.76 Å². The lowest BCUT2D eigenvalue weighted by molar-refractivity contribution is -0.132. The molecule has 1 fully saturated rings. The predicted octanol–water partition coefficient (Wildman–Crippen LogP) is 4.92. The number of aliphatic hydroxyl groups is 1. The molecular formula is C27H21F2NO5. The average molecular weight is 477 g/mol. The zero-order chi connectivity index (χ0) is 24.7. The van der Waals surface area contributed by atoms with E-state index < -0.39 is 29.4 Å². The van der Waals surface area contributed by atoms with E-state index in [0.29, 0.717) is 42.3 Å². The summed E-state index contributed by atoms with van der Waals surface area (Å²) in [5.41, 5.74) is 1.51. The first-order chi connectivity index (χ1) is 16.9. The Morgan fingerprint density at radius 2 is 1.91 bits per heavy atom. The number of halogens is 2. The summed E-state index contributed by atoms with van der Waals surface area (Å²) in [6.45, 7) is 2.73. The van der Waals surface area contributed by atoms with Crippen LogP contribution in [0.4, 0.5) is 14.5 Å². The summed E-state index contributed by atoms with van der Waals surface area (Å²) in [4.78, 5) is 27.5. The third-order valence-corrected chi connectivity index (χ3v) is 6.07. The molecule has 1 N–H and O–H groups in total. The summed E-state index contributed by atoms with van der Waals surface area (Å²) in [6.07, 6.45) is 0.652. The van der Waals surface area contributed by atoms with Crippen molar-refractivity contribution in [3.8, 4) is 11.5 Å². The molecule has 3 aromatic rings. The van der Waals surface area contributed by atoms with E-state index >= 15 is 0 Å². The third-order valence-electron chi connectivity index (χ3n) is 6.07. The van der Waals surface area contributed by atoms with Crippen molar-refractivity contribution in [3.05, 3.63) is 94.6 Å². The minimum Gasteiger partial charge on any atom is -0.507 e. The summed E-state index contributed by atoms with van der Waals surface area (Å²) < 4.78 is 38.8. The van der Waals surface area contributed by atoms with Gasteiger partial charge in [0.2, 0.25) is 0 Å². The molecule has 1 amide bonds. The number of Topliss-reactive ketones (excluding diaryl/α,β-unsaturated/α-hetero) is 1. The van der Waals surface area contributed by atoms with Crippen molar-refractivity contribution in [2.24, 2.45) is 0 Å². The van der Waals surface area contributed by atoms with Gasteiger partial charge in [0.05, 0.1) is 24.8 Å². The molecule has 0 bridgehead atoms. The highest BCUT2D eigenvalue weighted by atomic mass is 19.2. The van der Waals surface area contributed by atoms with Crippen LogP contribution in [0, 0.1) is 11.6 Å². The van der Waals surface area contributed by atoms with Gasteiger partial charge in [-0.25, -0.2) is 8.78 Å². The topological polar surface area (TPSA) is 76.1 Å². The lowest BCUT2D eigenvalue weighted by Gasteiger charge is -2.26. The molecule has 5 rings (SSSR count). The van der Waals surface area contributed by atoms with Crippen molar-refractivity contribution in [2.45, 2.75) is 19.4 Å². The first kappa shape index (κ1) is 22.6. The van der Waals surface area contributed by atoms with Crippen molar-refractivity contribution in [1.29, 1.82) is 0 Å².